The van der Waals surface area contributed by atoms with Gasteiger partial charge in [0, 0.05) is 29.1 Å². The number of aromatic nitrogens is 1. The van der Waals surface area contributed by atoms with Crippen LogP contribution in [-0.2, 0) is 0 Å². The molecule has 4 rings (SSSR count). The van der Waals surface area contributed by atoms with E-state index in [2.05, 4.69) is 4.57 Å². The third kappa shape index (κ3) is 3.33. The number of ketones is 1. The summed E-state index contributed by atoms with van der Waals surface area (Å²) in [5.41, 5.74) is 3.41. The van der Waals surface area contributed by atoms with E-state index in [0.29, 0.717) is 12.0 Å². The Morgan fingerprint density at radius 3 is 1.96 bits per heavy atom. The normalized spacial score (nSPS) is 11.3. The molecule has 0 spiro atoms. The number of hydrogen-bond donors (Lipinski definition) is 0. The van der Waals surface area contributed by atoms with E-state index in [-0.39, 0.29) is 23.5 Å². The van der Waals surface area contributed by atoms with Crippen LogP contribution in [0.3, 0.4) is 0 Å². The number of benzene rings is 3. The van der Waals surface area contributed by atoms with Gasteiger partial charge in [-0.15, -0.1) is 0 Å². The summed E-state index contributed by atoms with van der Waals surface area (Å²) in [5, 5.41) is 0.952. The van der Waals surface area contributed by atoms with Crippen molar-refractivity contribution in [1.82, 2.24) is 4.57 Å². The molecule has 0 saturated carbocycles. The van der Waals surface area contributed by atoms with Gasteiger partial charge in [0.15, 0.2) is 5.78 Å². The average molecular weight is 375 g/mol. The van der Waals surface area contributed by atoms with Crippen LogP contribution in [0.5, 0.6) is 0 Å². The fourth-order valence-electron chi connectivity index (χ4n) is 3.57. The first-order valence-corrected chi connectivity index (χ1v) is 9.21. The largest absolute Gasteiger partial charge is 0.336 e. The zero-order valence-electron chi connectivity index (χ0n) is 15.4. The first kappa shape index (κ1) is 18.1. The lowest BCUT2D eigenvalue weighted by Crippen LogP contribution is -2.11. The molecule has 1 heterocycles. The molecule has 0 fully saturated rings. The Hall–Kier alpha value is -3.27. The van der Waals surface area contributed by atoms with Crippen LogP contribution in [0.1, 0.15) is 40.9 Å². The molecule has 28 heavy (non-hydrogen) atoms. The molecule has 0 aliphatic carbocycles. The van der Waals surface area contributed by atoms with Crippen LogP contribution < -0.4 is 0 Å². The van der Waals surface area contributed by atoms with Crippen LogP contribution in [0.2, 0.25) is 0 Å². The van der Waals surface area contributed by atoms with E-state index in [1.165, 1.54) is 24.3 Å². The number of hydrogen-bond acceptors (Lipinski definition) is 1. The molecular formula is C24H19F2NO. The second kappa shape index (κ2) is 7.39. The lowest BCUT2D eigenvalue weighted by Gasteiger charge is -2.22. The molecule has 2 nitrogen and oxygen atoms in total. The van der Waals surface area contributed by atoms with Crippen molar-refractivity contribution in [3.63, 3.8) is 0 Å². The Morgan fingerprint density at radius 1 is 0.857 bits per heavy atom. The van der Waals surface area contributed by atoms with Crippen molar-refractivity contribution in [3.05, 3.63) is 107 Å². The Kier molecular flexibility index (Phi) is 4.78. The van der Waals surface area contributed by atoms with Crippen LogP contribution in [0.25, 0.3) is 10.9 Å². The molecule has 0 N–H and O–H groups in total. The second-order valence-corrected chi connectivity index (χ2v) is 6.78. The van der Waals surface area contributed by atoms with Crippen LogP contribution in [0.4, 0.5) is 8.78 Å². The summed E-state index contributed by atoms with van der Waals surface area (Å²) in [7, 11) is 0. The third-order valence-electron chi connectivity index (χ3n) is 5.01. The zero-order chi connectivity index (χ0) is 19.7. The van der Waals surface area contributed by atoms with E-state index in [1.54, 1.807) is 24.3 Å². The van der Waals surface area contributed by atoms with E-state index in [9.17, 15) is 13.6 Å². The quantitative estimate of drug-likeness (QED) is 0.384. The minimum Gasteiger partial charge on any atom is -0.336 e. The number of nitrogens with zero attached hydrogens (tertiary/aromatic N) is 1. The highest BCUT2D eigenvalue weighted by Gasteiger charge is 2.19. The molecule has 4 heteroatoms. The van der Waals surface area contributed by atoms with Gasteiger partial charge >= 0.3 is 0 Å². The Balaban J connectivity index is 1.87. The molecule has 0 aliphatic heterocycles. The zero-order valence-corrected chi connectivity index (χ0v) is 15.4. The van der Waals surface area contributed by atoms with Crippen LogP contribution in [-0.4, -0.2) is 10.4 Å². The number of rotatable bonds is 5. The number of carbonyl (C=O) groups is 1. The summed E-state index contributed by atoms with van der Waals surface area (Å²) in [5.74, 6) is -0.508. The molecule has 0 unspecified atom stereocenters. The van der Waals surface area contributed by atoms with Gasteiger partial charge in [-0.2, -0.15) is 0 Å². The summed E-state index contributed by atoms with van der Waals surface area (Å²) in [6.45, 7) is 1.84. The molecule has 0 aliphatic rings. The highest BCUT2D eigenvalue weighted by molar-refractivity contribution is 5.99. The van der Waals surface area contributed by atoms with Crippen molar-refractivity contribution in [1.29, 1.82) is 0 Å². The van der Waals surface area contributed by atoms with Crippen molar-refractivity contribution in [3.8, 4) is 0 Å². The van der Waals surface area contributed by atoms with Crippen molar-refractivity contribution in [2.45, 2.75) is 19.4 Å². The SMILES string of the molecule is CCC(=O)c1ccc2c(ccn2C(c2ccc(F)cc2)c2ccc(F)cc2)c1. The molecule has 0 radical (unpaired) electrons. The van der Waals surface area contributed by atoms with E-state index in [4.69, 9.17) is 0 Å². The van der Waals surface area contributed by atoms with Crippen LogP contribution >= 0.6 is 0 Å². The minimum atomic E-state index is -0.304. The van der Waals surface area contributed by atoms with Gasteiger partial charge in [-0.3, -0.25) is 4.79 Å². The molecule has 0 amide bonds. The molecule has 0 atom stereocenters. The maximum absolute atomic E-state index is 13.5. The van der Waals surface area contributed by atoms with E-state index < -0.39 is 0 Å². The van der Waals surface area contributed by atoms with Gasteiger partial charge in [0.25, 0.3) is 0 Å². The predicted molar refractivity (Wildman–Crippen MR) is 107 cm³/mol. The summed E-state index contributed by atoms with van der Waals surface area (Å²) in [6, 6.07) is 20.0. The molecular weight excluding hydrogens is 356 g/mol. The van der Waals surface area contributed by atoms with E-state index in [1.807, 2.05) is 37.4 Å². The summed E-state index contributed by atoms with van der Waals surface area (Å²) in [6.07, 6.45) is 2.41. The second-order valence-electron chi connectivity index (χ2n) is 6.78. The minimum absolute atomic E-state index is 0.100. The summed E-state index contributed by atoms with van der Waals surface area (Å²) >= 11 is 0. The standard InChI is InChI=1S/C24H19F2NO/c1-2-23(28)19-7-12-22-18(15-19)13-14-27(22)24(16-3-8-20(25)9-4-16)17-5-10-21(26)11-6-17/h3-15,24H,2H2,1H3. The van der Waals surface area contributed by atoms with E-state index in [0.717, 1.165) is 22.0 Å². The van der Waals surface area contributed by atoms with Gasteiger partial charge in [-0.25, -0.2) is 8.78 Å². The number of carbonyl (C=O) groups excluding carboxylic acids is 1. The Labute approximate surface area is 162 Å². The van der Waals surface area contributed by atoms with E-state index >= 15 is 0 Å². The lowest BCUT2D eigenvalue weighted by molar-refractivity contribution is 0.0988. The molecule has 0 bridgehead atoms. The molecule has 4 aromatic rings. The van der Waals surface area contributed by atoms with Gasteiger partial charge in [0.2, 0.25) is 0 Å². The number of halogens is 2. The third-order valence-corrected chi connectivity index (χ3v) is 5.01. The van der Waals surface area contributed by atoms with Crippen molar-refractivity contribution in [2.75, 3.05) is 0 Å². The fraction of sp³-hybridized carbons (Fsp3) is 0.125. The lowest BCUT2D eigenvalue weighted by atomic mass is 9.98. The topological polar surface area (TPSA) is 22.0 Å². The van der Waals surface area contributed by atoms with Gasteiger partial charge in [-0.1, -0.05) is 31.2 Å². The highest BCUT2D eigenvalue weighted by atomic mass is 19.1. The fourth-order valence-corrected chi connectivity index (χ4v) is 3.57. The summed E-state index contributed by atoms with van der Waals surface area (Å²) in [4.78, 5) is 12.0. The smallest absolute Gasteiger partial charge is 0.162 e. The first-order chi connectivity index (χ1) is 13.6. The molecule has 0 saturated heterocycles. The van der Waals surface area contributed by atoms with Gasteiger partial charge in [0.05, 0.1) is 6.04 Å². The average Bonchev–Trinajstić information content (AvgIpc) is 3.13. The Bertz CT molecular complexity index is 1080. The highest BCUT2D eigenvalue weighted by Crippen LogP contribution is 2.31. The van der Waals surface area contributed by atoms with Crippen molar-refractivity contribution >= 4 is 16.7 Å². The number of fused-ring (bicyclic) bond motifs is 1. The van der Waals surface area contributed by atoms with Crippen LogP contribution in [0, 0.1) is 11.6 Å². The molecule has 3 aromatic carbocycles. The Morgan fingerprint density at radius 2 is 1.43 bits per heavy atom. The maximum atomic E-state index is 13.5. The monoisotopic (exact) mass is 375 g/mol. The molecule has 1 aromatic heterocycles. The maximum Gasteiger partial charge on any atom is 0.162 e. The van der Waals surface area contributed by atoms with Gasteiger partial charge in [0.1, 0.15) is 11.6 Å². The number of Topliss-reactive ketones (excluding diaryl/α,β-unsaturated/α-hetero) is 1. The first-order valence-electron chi connectivity index (χ1n) is 9.21. The van der Waals surface area contributed by atoms with Gasteiger partial charge < -0.3 is 4.57 Å². The van der Waals surface area contributed by atoms with Crippen molar-refractivity contribution < 1.29 is 13.6 Å². The van der Waals surface area contributed by atoms with Gasteiger partial charge in [-0.05, 0) is 59.7 Å². The predicted octanol–water partition coefficient (Wildman–Crippen LogP) is 6.15. The molecule has 140 valence electrons. The van der Waals surface area contributed by atoms with Crippen LogP contribution in [0.15, 0.2) is 79.0 Å². The summed E-state index contributed by atoms with van der Waals surface area (Å²) < 4.78 is 29.0. The van der Waals surface area contributed by atoms with Crippen molar-refractivity contribution in [2.24, 2.45) is 0 Å².